The van der Waals surface area contributed by atoms with Crippen molar-refractivity contribution in [3.8, 4) is 28.8 Å². The van der Waals surface area contributed by atoms with Gasteiger partial charge in [0.05, 0.1) is 33.1 Å². The van der Waals surface area contributed by atoms with Crippen LogP contribution >= 0.6 is 0 Å². The van der Waals surface area contributed by atoms with Gasteiger partial charge in [0.2, 0.25) is 5.95 Å². The second-order valence-electron chi connectivity index (χ2n) is 15.8. The highest BCUT2D eigenvalue weighted by Gasteiger charge is 2.25. The molecule has 7 nitrogen and oxygen atoms in total. The first-order valence-corrected chi connectivity index (χ1v) is 19.8. The number of pyridine rings is 1. The van der Waals surface area contributed by atoms with Crippen LogP contribution in [-0.2, 0) is 7.05 Å². The number of fused-ring (bicyclic) bond motifs is 8. The summed E-state index contributed by atoms with van der Waals surface area (Å²) in [7, 11) is 2.10. The van der Waals surface area contributed by atoms with E-state index in [1.807, 2.05) is 0 Å². The minimum Gasteiger partial charge on any atom is -0.313 e. The maximum Gasteiger partial charge on any atom is 0.215 e. The fourth-order valence-electron chi connectivity index (χ4n) is 9.10. The van der Waals surface area contributed by atoms with Crippen molar-refractivity contribution in [2.24, 2.45) is 7.05 Å². The lowest BCUT2D eigenvalue weighted by molar-refractivity contribution is 0.832. The highest BCUT2D eigenvalue weighted by molar-refractivity contribution is 6.19. The van der Waals surface area contributed by atoms with E-state index in [1.54, 1.807) is 0 Å². The highest BCUT2D eigenvalue weighted by atomic mass is 15.2. The summed E-state index contributed by atoms with van der Waals surface area (Å²) >= 11 is 0. The number of para-hydroxylation sites is 5. The average Bonchev–Trinajstić information content (AvgIpc) is 3.97. The smallest absolute Gasteiger partial charge is 0.215 e. The van der Waals surface area contributed by atoms with Crippen molar-refractivity contribution in [3.63, 3.8) is 0 Å². The molecule has 6 aromatic carbocycles. The van der Waals surface area contributed by atoms with Crippen molar-refractivity contribution in [1.82, 2.24) is 33.2 Å². The van der Waals surface area contributed by atoms with Crippen LogP contribution in [0.1, 0.15) is 50.7 Å². The van der Waals surface area contributed by atoms with Crippen molar-refractivity contribution in [2.45, 2.75) is 39.5 Å². The van der Waals surface area contributed by atoms with Crippen molar-refractivity contribution in [3.05, 3.63) is 157 Å². The SMILES string of the molecule is CC(C)c1cccc(C(C)C)c1-c1nc2ccc(-n3c4ccccc4c4cc5c6ccccc6n(-c6nc7ccccc7n6C)c5cc43)nc2n1-c1ccccc1. The minimum absolute atomic E-state index is 0.320. The van der Waals surface area contributed by atoms with Gasteiger partial charge in [-0.1, -0.05) is 113 Å². The molecule has 0 N–H and O–H groups in total. The first kappa shape index (κ1) is 33.4. The van der Waals surface area contributed by atoms with Gasteiger partial charge in [-0.25, -0.2) is 15.0 Å². The Morgan fingerprint density at radius 3 is 1.70 bits per heavy atom. The molecular formula is C50H41N7. The van der Waals surface area contributed by atoms with Crippen LogP contribution in [0.5, 0.6) is 0 Å². The summed E-state index contributed by atoms with van der Waals surface area (Å²) in [6, 6.07) is 51.9. The molecule has 276 valence electrons. The van der Waals surface area contributed by atoms with Crippen LogP contribution < -0.4 is 0 Å². The first-order valence-electron chi connectivity index (χ1n) is 19.8. The van der Waals surface area contributed by atoms with E-state index >= 15 is 0 Å². The third-order valence-electron chi connectivity index (χ3n) is 11.8. The number of hydrogen-bond donors (Lipinski definition) is 0. The maximum absolute atomic E-state index is 5.58. The third kappa shape index (κ3) is 4.88. The molecule has 5 aromatic heterocycles. The van der Waals surface area contributed by atoms with Gasteiger partial charge in [0.15, 0.2) is 5.65 Å². The van der Waals surface area contributed by atoms with Gasteiger partial charge in [-0.2, -0.15) is 0 Å². The molecule has 0 amide bonds. The summed E-state index contributed by atoms with van der Waals surface area (Å²) in [5.74, 6) is 3.28. The number of aryl methyl sites for hydroxylation is 1. The predicted octanol–water partition coefficient (Wildman–Crippen LogP) is 12.4. The fourth-order valence-corrected chi connectivity index (χ4v) is 9.10. The molecule has 0 aliphatic rings. The summed E-state index contributed by atoms with van der Waals surface area (Å²) < 4.78 is 9.10. The average molecular weight is 740 g/mol. The summed E-state index contributed by atoms with van der Waals surface area (Å²) in [4.78, 5) is 16.2. The number of imidazole rings is 2. The van der Waals surface area contributed by atoms with Gasteiger partial charge in [-0.3, -0.25) is 13.7 Å². The van der Waals surface area contributed by atoms with Crippen molar-refractivity contribution in [2.75, 3.05) is 0 Å². The molecule has 5 heterocycles. The lowest BCUT2D eigenvalue weighted by Gasteiger charge is -2.20. The van der Waals surface area contributed by atoms with Gasteiger partial charge >= 0.3 is 0 Å². The maximum atomic E-state index is 5.58. The zero-order valence-corrected chi connectivity index (χ0v) is 32.6. The number of rotatable bonds is 6. The van der Waals surface area contributed by atoms with Crippen LogP contribution in [0.3, 0.4) is 0 Å². The van der Waals surface area contributed by atoms with E-state index < -0.39 is 0 Å². The molecule has 0 aliphatic carbocycles. The van der Waals surface area contributed by atoms with Crippen LogP contribution in [0.2, 0.25) is 0 Å². The standard InChI is InChI=1S/C50H41N7/c1-30(2)33-20-15-21-34(31(3)4)47(33)49-51-40-26-27-46(53-48(40)55(49)32-16-7-6-8-17-32)56-41-23-12-9-18-35(41)37-28-38-36-19-10-13-24-42(36)57(45(38)29-44(37)56)50-52-39-22-11-14-25-43(39)54(50)5/h6-31H,1-5H3. The van der Waals surface area contributed by atoms with Crippen LogP contribution in [0, 0.1) is 0 Å². The fraction of sp³-hybridized carbons (Fsp3) is 0.140. The van der Waals surface area contributed by atoms with Crippen LogP contribution in [-0.4, -0.2) is 33.2 Å². The van der Waals surface area contributed by atoms with E-state index in [2.05, 4.69) is 199 Å². The van der Waals surface area contributed by atoms with E-state index in [0.717, 1.165) is 67.5 Å². The topological polar surface area (TPSA) is 58.4 Å². The summed E-state index contributed by atoms with van der Waals surface area (Å²) in [6.45, 7) is 9.07. The minimum atomic E-state index is 0.320. The Kier molecular flexibility index (Phi) is 7.32. The van der Waals surface area contributed by atoms with E-state index in [1.165, 1.54) is 38.2 Å². The van der Waals surface area contributed by atoms with Crippen LogP contribution in [0.15, 0.2) is 146 Å². The van der Waals surface area contributed by atoms with Gasteiger partial charge < -0.3 is 4.57 Å². The molecule has 0 unspecified atom stereocenters. The molecule has 0 spiro atoms. The zero-order chi connectivity index (χ0) is 38.5. The van der Waals surface area contributed by atoms with Crippen LogP contribution in [0.25, 0.3) is 94.7 Å². The Morgan fingerprint density at radius 2 is 1.04 bits per heavy atom. The molecule has 0 atom stereocenters. The van der Waals surface area contributed by atoms with Gasteiger partial charge in [-0.05, 0) is 83.6 Å². The molecule has 7 heteroatoms. The number of benzene rings is 6. The van der Waals surface area contributed by atoms with Crippen LogP contribution in [0.4, 0.5) is 0 Å². The van der Waals surface area contributed by atoms with E-state index in [9.17, 15) is 0 Å². The molecule has 0 aliphatic heterocycles. The van der Waals surface area contributed by atoms with E-state index in [4.69, 9.17) is 15.0 Å². The van der Waals surface area contributed by atoms with Gasteiger partial charge in [-0.15, -0.1) is 0 Å². The largest absolute Gasteiger partial charge is 0.313 e. The Bertz CT molecular complexity index is 3350. The Morgan fingerprint density at radius 1 is 0.439 bits per heavy atom. The molecule has 11 aromatic rings. The normalized spacial score (nSPS) is 12.3. The quantitative estimate of drug-likeness (QED) is 0.171. The summed E-state index contributed by atoms with van der Waals surface area (Å²) in [5.41, 5.74) is 12.9. The van der Waals surface area contributed by atoms with E-state index in [0.29, 0.717) is 11.8 Å². The molecule has 0 radical (unpaired) electrons. The second kappa shape index (κ2) is 12.5. The lowest BCUT2D eigenvalue weighted by atomic mass is 9.88. The lowest BCUT2D eigenvalue weighted by Crippen LogP contribution is -2.06. The Labute approximate surface area is 330 Å². The summed E-state index contributed by atoms with van der Waals surface area (Å²) in [6.07, 6.45) is 0. The monoisotopic (exact) mass is 739 g/mol. The van der Waals surface area contributed by atoms with Crippen molar-refractivity contribution >= 4 is 65.8 Å². The zero-order valence-electron chi connectivity index (χ0n) is 32.6. The number of hydrogen-bond acceptors (Lipinski definition) is 3. The van der Waals surface area contributed by atoms with Gasteiger partial charge in [0.25, 0.3) is 0 Å². The molecule has 11 rings (SSSR count). The van der Waals surface area contributed by atoms with Crippen molar-refractivity contribution in [1.29, 1.82) is 0 Å². The molecule has 0 bridgehead atoms. The predicted molar refractivity (Wildman–Crippen MR) is 235 cm³/mol. The molecular weight excluding hydrogens is 699 g/mol. The first-order chi connectivity index (χ1) is 27.9. The third-order valence-corrected chi connectivity index (χ3v) is 11.8. The molecule has 0 fully saturated rings. The van der Waals surface area contributed by atoms with Gasteiger partial charge in [0, 0.05) is 39.8 Å². The highest BCUT2D eigenvalue weighted by Crippen LogP contribution is 2.41. The summed E-state index contributed by atoms with van der Waals surface area (Å²) in [5, 5.41) is 4.74. The number of nitrogens with zero attached hydrogens (tertiary/aromatic N) is 7. The number of aromatic nitrogens is 7. The second-order valence-corrected chi connectivity index (χ2v) is 15.8. The molecule has 0 saturated heterocycles. The van der Waals surface area contributed by atoms with E-state index in [-0.39, 0.29) is 0 Å². The Balaban J connectivity index is 1.23. The van der Waals surface area contributed by atoms with Gasteiger partial charge in [0.1, 0.15) is 17.2 Å². The Hall–Kier alpha value is -6.99. The van der Waals surface area contributed by atoms with Crippen molar-refractivity contribution < 1.29 is 0 Å². The molecule has 0 saturated carbocycles. The molecule has 57 heavy (non-hydrogen) atoms.